The minimum absolute atomic E-state index is 0.108. The van der Waals surface area contributed by atoms with Gasteiger partial charge in [0, 0.05) is 17.7 Å². The number of methoxy groups -OCH3 is 1. The first-order chi connectivity index (χ1) is 11.5. The number of benzene rings is 2. The van der Waals surface area contributed by atoms with E-state index in [-0.39, 0.29) is 11.8 Å². The van der Waals surface area contributed by atoms with Gasteiger partial charge >= 0.3 is 6.03 Å². The van der Waals surface area contributed by atoms with E-state index in [0.29, 0.717) is 35.0 Å². The highest BCUT2D eigenvalue weighted by Gasteiger charge is 2.14. The summed E-state index contributed by atoms with van der Waals surface area (Å²) >= 11 is 0. The van der Waals surface area contributed by atoms with Gasteiger partial charge in [0.2, 0.25) is 0 Å². The van der Waals surface area contributed by atoms with Crippen LogP contribution in [0.25, 0.3) is 0 Å². The third-order valence-corrected chi connectivity index (χ3v) is 3.42. The van der Waals surface area contributed by atoms with Crippen LogP contribution in [0, 0.1) is 5.92 Å². The number of hydrogen-bond donors (Lipinski definition) is 2. The van der Waals surface area contributed by atoms with E-state index < -0.39 is 0 Å². The summed E-state index contributed by atoms with van der Waals surface area (Å²) in [6, 6.07) is 13.7. The molecule has 2 aromatic rings. The number of hydrogen-bond acceptors (Lipinski definition) is 3. The van der Waals surface area contributed by atoms with Gasteiger partial charge in [-0.15, -0.1) is 0 Å². The van der Waals surface area contributed by atoms with Gasteiger partial charge in [-0.25, -0.2) is 4.79 Å². The van der Waals surface area contributed by atoms with Crippen molar-refractivity contribution in [3.05, 3.63) is 59.7 Å². The van der Waals surface area contributed by atoms with Crippen LogP contribution in [0.5, 0.6) is 5.75 Å². The van der Waals surface area contributed by atoms with Crippen molar-refractivity contribution in [2.24, 2.45) is 5.92 Å². The molecule has 2 rings (SSSR count). The van der Waals surface area contributed by atoms with Crippen LogP contribution in [0.2, 0.25) is 0 Å². The average molecular weight is 326 g/mol. The van der Waals surface area contributed by atoms with Crippen LogP contribution < -0.4 is 15.4 Å². The minimum atomic E-state index is -0.327. The molecule has 0 saturated heterocycles. The second-order valence-corrected chi connectivity index (χ2v) is 5.84. The lowest BCUT2D eigenvalue weighted by Crippen LogP contribution is -2.31. The molecule has 0 fully saturated rings. The maximum Gasteiger partial charge on any atom is 0.319 e. The monoisotopic (exact) mass is 326 g/mol. The van der Waals surface area contributed by atoms with Crippen LogP contribution in [-0.4, -0.2) is 25.5 Å². The summed E-state index contributed by atoms with van der Waals surface area (Å²) < 4.78 is 5.26. The molecule has 0 aliphatic heterocycles. The minimum Gasteiger partial charge on any atom is -0.495 e. The highest BCUT2D eigenvalue weighted by atomic mass is 16.5. The summed E-state index contributed by atoms with van der Waals surface area (Å²) in [5.41, 5.74) is 1.54. The predicted octanol–water partition coefficient (Wildman–Crippen LogP) is 3.70. The predicted molar refractivity (Wildman–Crippen MR) is 94.7 cm³/mol. The lowest BCUT2D eigenvalue weighted by Gasteiger charge is -2.13. The van der Waals surface area contributed by atoms with Crippen molar-refractivity contribution in [2.75, 3.05) is 19.0 Å². The number of rotatable bonds is 6. The van der Waals surface area contributed by atoms with Crippen molar-refractivity contribution >= 4 is 17.5 Å². The second kappa shape index (κ2) is 8.15. The molecule has 0 unspecified atom stereocenters. The SMILES string of the molecule is COc1ccc(C(=O)c2ccccc2)cc1NC(=O)NCC(C)C. The molecule has 5 heteroatoms. The zero-order valence-electron chi connectivity index (χ0n) is 14.1. The number of ether oxygens (including phenoxy) is 1. The Morgan fingerprint density at radius 1 is 1.04 bits per heavy atom. The van der Waals surface area contributed by atoms with E-state index in [1.807, 2.05) is 32.0 Å². The molecular formula is C19H22N2O3. The summed E-state index contributed by atoms with van der Waals surface area (Å²) in [7, 11) is 1.52. The van der Waals surface area contributed by atoms with Gasteiger partial charge in [0.25, 0.3) is 0 Å². The second-order valence-electron chi connectivity index (χ2n) is 5.84. The molecule has 0 aliphatic rings. The lowest BCUT2D eigenvalue weighted by molar-refractivity contribution is 0.103. The van der Waals surface area contributed by atoms with E-state index in [9.17, 15) is 9.59 Å². The molecule has 5 nitrogen and oxygen atoms in total. The number of carbonyl (C=O) groups is 2. The number of nitrogens with one attached hydrogen (secondary N) is 2. The van der Waals surface area contributed by atoms with E-state index in [2.05, 4.69) is 10.6 Å². The van der Waals surface area contributed by atoms with Crippen molar-refractivity contribution < 1.29 is 14.3 Å². The van der Waals surface area contributed by atoms with Crippen molar-refractivity contribution in [3.8, 4) is 5.75 Å². The number of urea groups is 1. The summed E-state index contributed by atoms with van der Waals surface area (Å²) in [5, 5.41) is 5.51. The van der Waals surface area contributed by atoms with Crippen LogP contribution in [0.15, 0.2) is 48.5 Å². The van der Waals surface area contributed by atoms with Crippen LogP contribution in [0.3, 0.4) is 0 Å². The molecule has 2 aromatic carbocycles. The van der Waals surface area contributed by atoms with Gasteiger partial charge in [0.1, 0.15) is 5.75 Å². The summed E-state index contributed by atoms with van der Waals surface area (Å²) in [6.07, 6.45) is 0. The molecule has 24 heavy (non-hydrogen) atoms. The topological polar surface area (TPSA) is 67.4 Å². The number of amides is 2. The van der Waals surface area contributed by atoms with E-state index in [4.69, 9.17) is 4.74 Å². The molecule has 0 bridgehead atoms. The maximum atomic E-state index is 12.5. The van der Waals surface area contributed by atoms with Gasteiger partial charge < -0.3 is 15.4 Å². The van der Waals surface area contributed by atoms with Crippen LogP contribution >= 0.6 is 0 Å². The molecule has 0 spiro atoms. The Kier molecular flexibility index (Phi) is 5.95. The van der Waals surface area contributed by atoms with Gasteiger partial charge in [0.15, 0.2) is 5.78 Å². The Labute approximate surface area is 142 Å². The fourth-order valence-electron chi connectivity index (χ4n) is 2.17. The van der Waals surface area contributed by atoms with Crippen molar-refractivity contribution in [3.63, 3.8) is 0 Å². The Bertz CT molecular complexity index is 712. The van der Waals surface area contributed by atoms with E-state index in [1.165, 1.54) is 7.11 Å². The molecule has 0 aliphatic carbocycles. The quantitative estimate of drug-likeness (QED) is 0.795. The zero-order valence-corrected chi connectivity index (χ0v) is 14.1. The first-order valence-electron chi connectivity index (χ1n) is 7.84. The summed E-state index contributed by atoms with van der Waals surface area (Å²) in [6.45, 7) is 4.59. The number of carbonyl (C=O) groups excluding carboxylic acids is 2. The maximum absolute atomic E-state index is 12.5. The van der Waals surface area contributed by atoms with Gasteiger partial charge in [-0.1, -0.05) is 44.2 Å². The fourth-order valence-corrected chi connectivity index (χ4v) is 2.17. The van der Waals surface area contributed by atoms with Crippen molar-refractivity contribution in [2.45, 2.75) is 13.8 Å². The Hall–Kier alpha value is -2.82. The highest BCUT2D eigenvalue weighted by Crippen LogP contribution is 2.26. The molecule has 0 heterocycles. The first kappa shape index (κ1) is 17.5. The highest BCUT2D eigenvalue weighted by molar-refractivity contribution is 6.10. The van der Waals surface area contributed by atoms with E-state index >= 15 is 0 Å². The number of anilines is 1. The van der Waals surface area contributed by atoms with Crippen LogP contribution in [-0.2, 0) is 0 Å². The average Bonchev–Trinajstić information content (AvgIpc) is 2.60. The van der Waals surface area contributed by atoms with E-state index in [1.54, 1.807) is 30.3 Å². The lowest BCUT2D eigenvalue weighted by atomic mass is 10.0. The van der Waals surface area contributed by atoms with Gasteiger partial charge in [-0.05, 0) is 24.1 Å². The summed E-state index contributed by atoms with van der Waals surface area (Å²) in [4.78, 5) is 24.5. The molecule has 2 N–H and O–H groups in total. The van der Waals surface area contributed by atoms with Crippen molar-refractivity contribution in [1.82, 2.24) is 5.32 Å². The standard InChI is InChI=1S/C19H22N2O3/c1-13(2)12-20-19(23)21-16-11-15(9-10-17(16)24-3)18(22)14-7-5-4-6-8-14/h4-11,13H,12H2,1-3H3,(H2,20,21,23). The third kappa shape index (κ3) is 4.59. The number of ketones is 1. The molecule has 2 amide bonds. The van der Waals surface area contributed by atoms with Crippen molar-refractivity contribution in [1.29, 1.82) is 0 Å². The normalized spacial score (nSPS) is 10.3. The Balaban J connectivity index is 2.21. The fraction of sp³-hybridized carbons (Fsp3) is 0.263. The van der Waals surface area contributed by atoms with Gasteiger partial charge in [-0.2, -0.15) is 0 Å². The van der Waals surface area contributed by atoms with Gasteiger partial charge in [0.05, 0.1) is 12.8 Å². The largest absolute Gasteiger partial charge is 0.495 e. The first-order valence-corrected chi connectivity index (χ1v) is 7.84. The molecule has 0 atom stereocenters. The van der Waals surface area contributed by atoms with Crippen LogP contribution in [0.1, 0.15) is 29.8 Å². The molecular weight excluding hydrogens is 304 g/mol. The molecule has 126 valence electrons. The molecule has 0 saturated carbocycles. The molecule has 0 aromatic heterocycles. The summed E-state index contributed by atoms with van der Waals surface area (Å²) in [5.74, 6) is 0.742. The smallest absolute Gasteiger partial charge is 0.319 e. The molecule has 0 radical (unpaired) electrons. The van der Waals surface area contributed by atoms with Gasteiger partial charge in [-0.3, -0.25) is 4.79 Å². The van der Waals surface area contributed by atoms with Crippen LogP contribution in [0.4, 0.5) is 10.5 Å². The van der Waals surface area contributed by atoms with E-state index in [0.717, 1.165) is 0 Å². The third-order valence-electron chi connectivity index (χ3n) is 3.42. The zero-order chi connectivity index (χ0) is 17.5. The Morgan fingerprint density at radius 2 is 1.75 bits per heavy atom. The Morgan fingerprint density at radius 3 is 2.38 bits per heavy atom.